The average Bonchev–Trinajstić information content (AvgIpc) is 2.65. The number of nitrogens with zero attached hydrogens (tertiary/aromatic N) is 1. The van der Waals surface area contributed by atoms with Gasteiger partial charge < -0.3 is 10.5 Å². The van der Waals surface area contributed by atoms with Crippen LogP contribution in [0.2, 0.25) is 0 Å². The fourth-order valence-electron chi connectivity index (χ4n) is 2.49. The van der Waals surface area contributed by atoms with Crippen molar-refractivity contribution in [1.82, 2.24) is 4.90 Å². The molecule has 0 aromatic rings. The molecule has 2 N–H and O–H groups in total. The summed E-state index contributed by atoms with van der Waals surface area (Å²) in [7, 11) is 2.19. The maximum Gasteiger partial charge on any atom is 0.0663 e. The SMILES string of the molecule is CC(C)CC(C)N(C)C1(CN)CCOC1. The van der Waals surface area contributed by atoms with Gasteiger partial charge in [0.15, 0.2) is 0 Å². The first kappa shape index (κ1) is 12.9. The van der Waals surface area contributed by atoms with E-state index in [2.05, 4.69) is 32.7 Å². The second kappa shape index (κ2) is 5.28. The zero-order valence-corrected chi connectivity index (χ0v) is 10.6. The minimum atomic E-state index is 0.0916. The highest BCUT2D eigenvalue weighted by Crippen LogP contribution is 2.27. The Labute approximate surface area is 94.0 Å². The maximum absolute atomic E-state index is 5.92. The van der Waals surface area contributed by atoms with E-state index in [1.807, 2.05) is 0 Å². The van der Waals surface area contributed by atoms with E-state index in [-0.39, 0.29) is 5.54 Å². The summed E-state index contributed by atoms with van der Waals surface area (Å²) in [4.78, 5) is 2.43. The van der Waals surface area contributed by atoms with Crippen LogP contribution in [-0.4, -0.2) is 43.3 Å². The number of hydrogen-bond donors (Lipinski definition) is 1. The summed E-state index contributed by atoms with van der Waals surface area (Å²) in [5.74, 6) is 0.736. The van der Waals surface area contributed by atoms with Crippen LogP contribution in [0.3, 0.4) is 0 Å². The van der Waals surface area contributed by atoms with E-state index >= 15 is 0 Å². The number of rotatable bonds is 5. The van der Waals surface area contributed by atoms with Crippen LogP contribution in [0, 0.1) is 5.92 Å². The number of hydrogen-bond acceptors (Lipinski definition) is 3. The molecule has 0 radical (unpaired) electrons. The molecule has 0 aromatic carbocycles. The van der Waals surface area contributed by atoms with Crippen LogP contribution in [0.1, 0.15) is 33.6 Å². The van der Waals surface area contributed by atoms with Gasteiger partial charge in [0, 0.05) is 19.2 Å². The lowest BCUT2D eigenvalue weighted by molar-refractivity contribution is 0.0577. The molecule has 2 unspecified atom stereocenters. The molecule has 90 valence electrons. The average molecular weight is 214 g/mol. The highest BCUT2D eigenvalue weighted by molar-refractivity contribution is 4.95. The minimum Gasteiger partial charge on any atom is -0.379 e. The van der Waals surface area contributed by atoms with Crippen LogP contribution in [-0.2, 0) is 4.74 Å². The van der Waals surface area contributed by atoms with Crippen molar-refractivity contribution in [1.29, 1.82) is 0 Å². The lowest BCUT2D eigenvalue weighted by Gasteiger charge is -2.41. The molecular weight excluding hydrogens is 188 g/mol. The summed E-state index contributed by atoms with van der Waals surface area (Å²) >= 11 is 0. The Morgan fingerprint density at radius 2 is 2.07 bits per heavy atom. The van der Waals surface area contributed by atoms with Crippen LogP contribution in [0.4, 0.5) is 0 Å². The molecule has 3 nitrogen and oxygen atoms in total. The second-order valence-corrected chi connectivity index (χ2v) is 5.32. The summed E-state index contributed by atoms with van der Waals surface area (Å²) in [5, 5.41) is 0. The van der Waals surface area contributed by atoms with Crippen LogP contribution >= 0.6 is 0 Å². The van der Waals surface area contributed by atoms with Crippen LogP contribution in [0.25, 0.3) is 0 Å². The summed E-state index contributed by atoms with van der Waals surface area (Å²) < 4.78 is 5.51. The van der Waals surface area contributed by atoms with E-state index in [4.69, 9.17) is 10.5 Å². The summed E-state index contributed by atoms with van der Waals surface area (Å²) in [5.41, 5.74) is 6.01. The van der Waals surface area contributed by atoms with Crippen molar-refractivity contribution in [3.05, 3.63) is 0 Å². The van der Waals surface area contributed by atoms with E-state index in [1.54, 1.807) is 0 Å². The molecule has 15 heavy (non-hydrogen) atoms. The molecule has 0 aromatic heterocycles. The lowest BCUT2D eigenvalue weighted by atomic mass is 9.93. The summed E-state index contributed by atoms with van der Waals surface area (Å²) in [6.45, 7) is 9.18. The summed E-state index contributed by atoms with van der Waals surface area (Å²) in [6.07, 6.45) is 2.29. The van der Waals surface area contributed by atoms with Crippen LogP contribution in [0.5, 0.6) is 0 Å². The quantitative estimate of drug-likeness (QED) is 0.753. The van der Waals surface area contributed by atoms with Gasteiger partial charge in [-0.15, -0.1) is 0 Å². The number of nitrogens with two attached hydrogens (primary N) is 1. The predicted octanol–water partition coefficient (Wildman–Crippen LogP) is 1.47. The molecule has 0 saturated carbocycles. The molecule has 3 heteroatoms. The monoisotopic (exact) mass is 214 g/mol. The molecule has 0 amide bonds. The Morgan fingerprint density at radius 3 is 2.47 bits per heavy atom. The number of ether oxygens (including phenoxy) is 1. The van der Waals surface area contributed by atoms with Crippen molar-refractivity contribution in [2.75, 3.05) is 26.8 Å². The maximum atomic E-state index is 5.92. The Hall–Kier alpha value is -0.120. The van der Waals surface area contributed by atoms with Gasteiger partial charge in [-0.25, -0.2) is 0 Å². The Morgan fingerprint density at radius 1 is 1.40 bits per heavy atom. The summed E-state index contributed by atoms with van der Waals surface area (Å²) in [6, 6.07) is 0.579. The van der Waals surface area contributed by atoms with Gasteiger partial charge in [-0.3, -0.25) is 4.90 Å². The molecule has 1 aliphatic rings. The third kappa shape index (κ3) is 2.92. The zero-order chi connectivity index (χ0) is 11.5. The first-order valence-electron chi connectivity index (χ1n) is 6.02. The second-order valence-electron chi connectivity index (χ2n) is 5.32. The van der Waals surface area contributed by atoms with E-state index in [0.717, 1.165) is 25.6 Å². The van der Waals surface area contributed by atoms with Gasteiger partial charge in [0.1, 0.15) is 0 Å². The molecule has 0 bridgehead atoms. The van der Waals surface area contributed by atoms with Crippen molar-refractivity contribution in [3.63, 3.8) is 0 Å². The largest absolute Gasteiger partial charge is 0.379 e. The van der Waals surface area contributed by atoms with Crippen molar-refractivity contribution < 1.29 is 4.74 Å². The van der Waals surface area contributed by atoms with Gasteiger partial charge in [-0.05, 0) is 32.7 Å². The molecule has 2 atom stereocenters. The molecule has 1 fully saturated rings. The Kier molecular flexibility index (Phi) is 4.56. The standard InChI is InChI=1S/C12H26N2O/c1-10(2)7-11(3)14(4)12(8-13)5-6-15-9-12/h10-11H,5-9,13H2,1-4H3. The van der Waals surface area contributed by atoms with Gasteiger partial charge in [0.25, 0.3) is 0 Å². The van der Waals surface area contributed by atoms with E-state index in [0.29, 0.717) is 12.6 Å². The molecule has 1 aliphatic heterocycles. The van der Waals surface area contributed by atoms with Gasteiger partial charge in [0.2, 0.25) is 0 Å². The topological polar surface area (TPSA) is 38.5 Å². The molecule has 1 saturated heterocycles. The fourth-order valence-corrected chi connectivity index (χ4v) is 2.49. The number of likely N-dealkylation sites (N-methyl/N-ethyl adjacent to an activating group) is 1. The van der Waals surface area contributed by atoms with Crippen LogP contribution in [0.15, 0.2) is 0 Å². The van der Waals surface area contributed by atoms with Gasteiger partial charge in [-0.2, -0.15) is 0 Å². The lowest BCUT2D eigenvalue weighted by Crippen LogP contribution is -2.56. The first-order valence-corrected chi connectivity index (χ1v) is 6.02. The van der Waals surface area contributed by atoms with Crippen LogP contribution < -0.4 is 5.73 Å². The molecular formula is C12H26N2O. The van der Waals surface area contributed by atoms with Crippen molar-refractivity contribution in [2.24, 2.45) is 11.7 Å². The minimum absolute atomic E-state index is 0.0916. The highest BCUT2D eigenvalue weighted by atomic mass is 16.5. The molecule has 0 aliphatic carbocycles. The van der Waals surface area contributed by atoms with Crippen molar-refractivity contribution in [3.8, 4) is 0 Å². The Balaban J connectivity index is 2.59. The zero-order valence-electron chi connectivity index (χ0n) is 10.6. The van der Waals surface area contributed by atoms with E-state index in [1.165, 1.54) is 6.42 Å². The van der Waals surface area contributed by atoms with E-state index < -0.39 is 0 Å². The van der Waals surface area contributed by atoms with E-state index in [9.17, 15) is 0 Å². The fraction of sp³-hybridized carbons (Fsp3) is 1.00. The van der Waals surface area contributed by atoms with Crippen molar-refractivity contribution in [2.45, 2.75) is 45.2 Å². The van der Waals surface area contributed by atoms with Gasteiger partial charge in [0.05, 0.1) is 12.1 Å². The smallest absolute Gasteiger partial charge is 0.0663 e. The Bertz CT molecular complexity index is 188. The van der Waals surface area contributed by atoms with Gasteiger partial charge >= 0.3 is 0 Å². The third-order valence-electron chi connectivity index (χ3n) is 3.68. The molecule has 1 heterocycles. The third-order valence-corrected chi connectivity index (χ3v) is 3.68. The normalized spacial score (nSPS) is 29.0. The highest BCUT2D eigenvalue weighted by Gasteiger charge is 2.39. The molecule has 1 rings (SSSR count). The molecule has 0 spiro atoms. The predicted molar refractivity (Wildman–Crippen MR) is 63.9 cm³/mol. The first-order chi connectivity index (χ1) is 7.02. The van der Waals surface area contributed by atoms with Crippen molar-refractivity contribution >= 4 is 0 Å². The van der Waals surface area contributed by atoms with Gasteiger partial charge in [-0.1, -0.05) is 13.8 Å².